The zero-order chi connectivity index (χ0) is 13.4. The maximum Gasteiger partial charge on any atom is 0.265 e. The van der Waals surface area contributed by atoms with Gasteiger partial charge in [0.15, 0.2) is 6.10 Å². The first-order valence-electron chi connectivity index (χ1n) is 6.51. The van der Waals surface area contributed by atoms with Crippen LogP contribution >= 0.6 is 0 Å². The van der Waals surface area contributed by atoms with E-state index in [4.69, 9.17) is 4.74 Å². The Morgan fingerprint density at radius 1 is 1.47 bits per heavy atom. The first-order chi connectivity index (χ1) is 9.11. The van der Waals surface area contributed by atoms with Crippen LogP contribution in [0.2, 0.25) is 0 Å². The van der Waals surface area contributed by atoms with Crippen LogP contribution in [0.15, 0.2) is 18.2 Å². The van der Waals surface area contributed by atoms with E-state index in [0.717, 1.165) is 18.4 Å². The lowest BCUT2D eigenvalue weighted by Gasteiger charge is -2.23. The number of hydrogen-bond donors (Lipinski definition) is 2. The largest absolute Gasteiger partial charge is 0.479 e. The maximum atomic E-state index is 11.7. The van der Waals surface area contributed by atoms with Crippen molar-refractivity contribution in [3.8, 4) is 5.75 Å². The molecule has 19 heavy (non-hydrogen) atoms. The van der Waals surface area contributed by atoms with Crippen LogP contribution in [0.5, 0.6) is 5.75 Å². The van der Waals surface area contributed by atoms with E-state index < -0.39 is 6.10 Å². The summed E-state index contributed by atoms with van der Waals surface area (Å²) in [7, 11) is 0. The van der Waals surface area contributed by atoms with Gasteiger partial charge in [-0.1, -0.05) is 6.07 Å². The van der Waals surface area contributed by atoms with Crippen LogP contribution in [0.4, 0.5) is 5.69 Å². The molecule has 1 aliphatic carbocycles. The van der Waals surface area contributed by atoms with Crippen LogP contribution < -0.4 is 15.4 Å². The van der Waals surface area contributed by atoms with Crippen LogP contribution in [0.3, 0.4) is 0 Å². The molecule has 3 rings (SSSR count). The third kappa shape index (κ3) is 2.70. The van der Waals surface area contributed by atoms with E-state index in [1.54, 1.807) is 19.1 Å². The highest BCUT2D eigenvalue weighted by Crippen LogP contribution is 2.30. The smallest absolute Gasteiger partial charge is 0.265 e. The molecule has 0 bridgehead atoms. The van der Waals surface area contributed by atoms with Crippen molar-refractivity contribution in [2.24, 2.45) is 0 Å². The molecule has 0 aromatic heterocycles. The summed E-state index contributed by atoms with van der Waals surface area (Å²) in [5.41, 5.74) is 1.51. The molecule has 100 valence electrons. The first kappa shape index (κ1) is 12.0. The molecular formula is C14H16N2O3. The summed E-state index contributed by atoms with van der Waals surface area (Å²) in [4.78, 5) is 23.2. The van der Waals surface area contributed by atoms with Crippen molar-refractivity contribution in [1.29, 1.82) is 0 Å². The van der Waals surface area contributed by atoms with Gasteiger partial charge >= 0.3 is 0 Å². The molecule has 1 heterocycles. The number of benzene rings is 1. The molecule has 1 aromatic rings. The number of ether oxygens (including phenoxy) is 1. The highest BCUT2D eigenvalue weighted by Gasteiger charge is 2.25. The van der Waals surface area contributed by atoms with E-state index >= 15 is 0 Å². The number of rotatable bonds is 3. The lowest BCUT2D eigenvalue weighted by atomic mass is 10.1. The number of amides is 2. The zero-order valence-electron chi connectivity index (χ0n) is 10.7. The Morgan fingerprint density at radius 2 is 2.26 bits per heavy atom. The Labute approximate surface area is 111 Å². The van der Waals surface area contributed by atoms with E-state index in [9.17, 15) is 9.59 Å². The molecule has 0 spiro atoms. The Bertz CT molecular complexity index is 537. The molecule has 2 N–H and O–H groups in total. The molecule has 5 heteroatoms. The number of anilines is 1. The van der Waals surface area contributed by atoms with Gasteiger partial charge in [0.2, 0.25) is 5.91 Å². The summed E-state index contributed by atoms with van der Waals surface area (Å²) in [5.74, 6) is 0.518. The molecule has 2 amide bonds. The van der Waals surface area contributed by atoms with Gasteiger partial charge in [0.25, 0.3) is 5.91 Å². The predicted molar refractivity (Wildman–Crippen MR) is 70.0 cm³/mol. The highest BCUT2D eigenvalue weighted by atomic mass is 16.5. The molecule has 0 saturated heterocycles. The minimum absolute atomic E-state index is 0.0267. The minimum atomic E-state index is -0.475. The minimum Gasteiger partial charge on any atom is -0.479 e. The summed E-state index contributed by atoms with van der Waals surface area (Å²) in [6, 6.07) is 5.82. The summed E-state index contributed by atoms with van der Waals surface area (Å²) < 4.78 is 5.47. The predicted octanol–water partition coefficient (Wildman–Crippen LogP) is 1.23. The summed E-state index contributed by atoms with van der Waals surface area (Å²) in [6.45, 7) is 1.70. The van der Waals surface area contributed by atoms with Gasteiger partial charge < -0.3 is 15.4 Å². The second-order valence-electron chi connectivity index (χ2n) is 5.10. The van der Waals surface area contributed by atoms with Crippen LogP contribution in [-0.2, 0) is 16.0 Å². The van der Waals surface area contributed by atoms with Gasteiger partial charge in [-0.2, -0.15) is 0 Å². The normalized spacial score (nSPS) is 21.1. The Balaban J connectivity index is 1.71. The number of carbonyl (C=O) groups excluding carboxylic acids is 2. The fourth-order valence-corrected chi connectivity index (χ4v) is 2.06. The van der Waals surface area contributed by atoms with Crippen molar-refractivity contribution in [1.82, 2.24) is 5.32 Å². The maximum absolute atomic E-state index is 11.7. The average Bonchev–Trinajstić information content (AvgIpc) is 3.15. The third-order valence-electron chi connectivity index (χ3n) is 3.28. The fourth-order valence-electron chi connectivity index (χ4n) is 2.06. The summed E-state index contributed by atoms with van der Waals surface area (Å²) >= 11 is 0. The molecule has 1 aliphatic heterocycles. The van der Waals surface area contributed by atoms with Crippen molar-refractivity contribution in [3.63, 3.8) is 0 Å². The van der Waals surface area contributed by atoms with E-state index in [1.807, 2.05) is 6.07 Å². The molecule has 0 radical (unpaired) electrons. The lowest BCUT2D eigenvalue weighted by Crippen LogP contribution is -2.34. The Morgan fingerprint density at radius 3 is 3.00 bits per heavy atom. The van der Waals surface area contributed by atoms with Crippen molar-refractivity contribution in [3.05, 3.63) is 23.8 Å². The highest BCUT2D eigenvalue weighted by molar-refractivity contribution is 5.97. The van der Waals surface area contributed by atoms with E-state index in [0.29, 0.717) is 23.9 Å². The average molecular weight is 260 g/mol. The standard InChI is InChI=1S/C14H16N2O3/c1-8-14(18)16-11-6-9(2-5-12(11)19-8)7-13(17)15-10-3-4-10/h2,5-6,8,10H,3-4,7H2,1H3,(H,15,17)(H,16,18). The zero-order valence-corrected chi connectivity index (χ0v) is 10.7. The molecule has 1 fully saturated rings. The van der Waals surface area contributed by atoms with Gasteiger partial charge in [-0.25, -0.2) is 0 Å². The van der Waals surface area contributed by atoms with E-state index in [-0.39, 0.29) is 11.8 Å². The van der Waals surface area contributed by atoms with E-state index in [2.05, 4.69) is 10.6 Å². The second kappa shape index (κ2) is 4.57. The molecule has 1 saturated carbocycles. The van der Waals surface area contributed by atoms with Gasteiger partial charge in [-0.05, 0) is 37.5 Å². The van der Waals surface area contributed by atoms with Crippen LogP contribution in [0, 0.1) is 0 Å². The van der Waals surface area contributed by atoms with E-state index in [1.165, 1.54) is 0 Å². The van der Waals surface area contributed by atoms with Gasteiger partial charge in [0.1, 0.15) is 5.75 Å². The lowest BCUT2D eigenvalue weighted by molar-refractivity contribution is -0.122. The van der Waals surface area contributed by atoms with Crippen molar-refractivity contribution >= 4 is 17.5 Å². The second-order valence-corrected chi connectivity index (χ2v) is 5.10. The SMILES string of the molecule is CC1Oc2ccc(CC(=O)NC3CC3)cc2NC1=O. The molecule has 5 nitrogen and oxygen atoms in total. The summed E-state index contributed by atoms with van der Waals surface area (Å²) in [5, 5.41) is 5.72. The number of nitrogens with one attached hydrogen (secondary N) is 2. The number of carbonyl (C=O) groups is 2. The quantitative estimate of drug-likeness (QED) is 0.859. The Hall–Kier alpha value is -2.04. The van der Waals surface area contributed by atoms with Crippen molar-refractivity contribution in [2.75, 3.05) is 5.32 Å². The molecular weight excluding hydrogens is 244 g/mol. The molecule has 1 aromatic carbocycles. The first-order valence-corrected chi connectivity index (χ1v) is 6.51. The number of hydrogen-bond acceptors (Lipinski definition) is 3. The molecule has 1 unspecified atom stereocenters. The van der Waals surface area contributed by atoms with Crippen LogP contribution in [-0.4, -0.2) is 24.0 Å². The van der Waals surface area contributed by atoms with Gasteiger partial charge in [-0.15, -0.1) is 0 Å². The van der Waals surface area contributed by atoms with Crippen LogP contribution in [0.1, 0.15) is 25.3 Å². The van der Waals surface area contributed by atoms with Gasteiger partial charge in [-0.3, -0.25) is 9.59 Å². The molecule has 1 atom stereocenters. The van der Waals surface area contributed by atoms with Crippen molar-refractivity contribution < 1.29 is 14.3 Å². The topological polar surface area (TPSA) is 67.4 Å². The monoisotopic (exact) mass is 260 g/mol. The van der Waals surface area contributed by atoms with Crippen LogP contribution in [0.25, 0.3) is 0 Å². The van der Waals surface area contributed by atoms with Gasteiger partial charge in [0, 0.05) is 6.04 Å². The third-order valence-corrected chi connectivity index (χ3v) is 3.28. The Kier molecular flexibility index (Phi) is 2.89. The molecule has 2 aliphatic rings. The fraction of sp³-hybridized carbons (Fsp3) is 0.429. The van der Waals surface area contributed by atoms with Gasteiger partial charge in [0.05, 0.1) is 12.1 Å². The van der Waals surface area contributed by atoms with Crippen molar-refractivity contribution in [2.45, 2.75) is 38.3 Å². The summed E-state index contributed by atoms with van der Waals surface area (Å²) in [6.07, 6.45) is 2.02. The number of fused-ring (bicyclic) bond motifs is 1.